The predicted molar refractivity (Wildman–Crippen MR) is 74.0 cm³/mol. The van der Waals surface area contributed by atoms with Gasteiger partial charge < -0.3 is 10.2 Å². The van der Waals surface area contributed by atoms with Gasteiger partial charge in [0.25, 0.3) is 0 Å². The molecule has 2 aliphatic heterocycles. The van der Waals surface area contributed by atoms with Gasteiger partial charge in [-0.1, -0.05) is 13.3 Å². The van der Waals surface area contributed by atoms with Gasteiger partial charge in [-0.3, -0.25) is 13.8 Å². The Morgan fingerprint density at radius 2 is 1.95 bits per heavy atom. The summed E-state index contributed by atoms with van der Waals surface area (Å²) >= 11 is 0. The molecule has 2 heterocycles. The summed E-state index contributed by atoms with van der Waals surface area (Å²) in [5.74, 6) is 1.25. The van der Waals surface area contributed by atoms with Crippen molar-refractivity contribution in [2.75, 3.05) is 11.5 Å². The lowest BCUT2D eigenvalue weighted by atomic mass is 9.99. The first-order valence-electron chi connectivity index (χ1n) is 7.02. The van der Waals surface area contributed by atoms with E-state index in [0.29, 0.717) is 17.9 Å². The highest BCUT2D eigenvalue weighted by atomic mass is 32.2. The number of piperazine rings is 1. The molecule has 0 aromatic carbocycles. The van der Waals surface area contributed by atoms with Crippen molar-refractivity contribution in [2.24, 2.45) is 0 Å². The predicted octanol–water partition coefficient (Wildman–Crippen LogP) is 0.413. The van der Waals surface area contributed by atoms with Crippen LogP contribution in [0.4, 0.5) is 0 Å². The van der Waals surface area contributed by atoms with Gasteiger partial charge in [-0.2, -0.15) is 0 Å². The van der Waals surface area contributed by atoms with Crippen LogP contribution in [-0.4, -0.2) is 50.6 Å². The van der Waals surface area contributed by atoms with E-state index in [1.54, 1.807) is 11.8 Å². The molecule has 0 radical (unpaired) electrons. The summed E-state index contributed by atoms with van der Waals surface area (Å²) in [4.78, 5) is 26.2. The number of hydrogen-bond donors (Lipinski definition) is 1. The van der Waals surface area contributed by atoms with Gasteiger partial charge in [0.05, 0.1) is 0 Å². The van der Waals surface area contributed by atoms with Crippen LogP contribution >= 0.6 is 0 Å². The molecule has 5 nitrogen and oxygen atoms in total. The van der Waals surface area contributed by atoms with Gasteiger partial charge in [-0.15, -0.1) is 0 Å². The smallest absolute Gasteiger partial charge is 0.246 e. The van der Waals surface area contributed by atoms with Gasteiger partial charge in [-0.05, 0) is 26.2 Å². The van der Waals surface area contributed by atoms with Gasteiger partial charge >= 0.3 is 0 Å². The van der Waals surface area contributed by atoms with E-state index in [4.69, 9.17) is 0 Å². The Labute approximate surface area is 116 Å². The van der Waals surface area contributed by atoms with E-state index in [9.17, 15) is 13.8 Å². The van der Waals surface area contributed by atoms with E-state index in [1.165, 1.54) is 0 Å². The fourth-order valence-corrected chi connectivity index (χ4v) is 4.17. The third-order valence-corrected chi connectivity index (χ3v) is 5.38. The highest BCUT2D eigenvalue weighted by molar-refractivity contribution is 7.85. The minimum atomic E-state index is -0.747. The fourth-order valence-electron chi connectivity index (χ4n) is 2.89. The zero-order valence-electron chi connectivity index (χ0n) is 11.6. The number of nitrogens with zero attached hydrogens (tertiary/aromatic N) is 1. The Hall–Kier alpha value is -0.910. The van der Waals surface area contributed by atoms with Crippen LogP contribution in [0, 0.1) is 0 Å². The molecule has 19 heavy (non-hydrogen) atoms. The number of amides is 2. The zero-order valence-corrected chi connectivity index (χ0v) is 12.4. The molecule has 6 heteroatoms. The van der Waals surface area contributed by atoms with Crippen LogP contribution in [0.5, 0.6) is 0 Å². The Morgan fingerprint density at radius 3 is 2.53 bits per heavy atom. The summed E-state index contributed by atoms with van der Waals surface area (Å²) in [7, 11) is -0.747. The summed E-state index contributed by atoms with van der Waals surface area (Å²) in [5.41, 5.74) is 0. The molecule has 108 valence electrons. The van der Waals surface area contributed by atoms with Crippen LogP contribution in [0.2, 0.25) is 0 Å². The molecule has 0 bridgehead atoms. The van der Waals surface area contributed by atoms with E-state index >= 15 is 0 Å². The average Bonchev–Trinajstić information content (AvgIpc) is 2.39. The molecule has 2 saturated heterocycles. The normalized spacial score (nSPS) is 36.2. The van der Waals surface area contributed by atoms with Gasteiger partial charge in [0.1, 0.15) is 12.1 Å². The van der Waals surface area contributed by atoms with Crippen molar-refractivity contribution in [3.8, 4) is 0 Å². The summed E-state index contributed by atoms with van der Waals surface area (Å²) in [6.45, 7) is 3.78. The van der Waals surface area contributed by atoms with E-state index in [0.717, 1.165) is 19.3 Å². The molecule has 2 aliphatic rings. The van der Waals surface area contributed by atoms with Crippen molar-refractivity contribution in [1.82, 2.24) is 10.2 Å². The van der Waals surface area contributed by atoms with E-state index in [2.05, 4.69) is 5.32 Å². The second-order valence-electron chi connectivity index (χ2n) is 5.35. The monoisotopic (exact) mass is 286 g/mol. The number of carbonyl (C=O) groups excluding carboxylic acids is 2. The standard InChI is InChI=1S/C13H22N2O3S/c1-3-4-11-13(17)15(9(2)12(16)14-11)10-5-7-19(18)8-6-10/h9-11H,3-8H2,1-2H3,(H,14,16). The summed E-state index contributed by atoms with van der Waals surface area (Å²) in [6, 6.07) is -0.705. The Kier molecular flexibility index (Phi) is 4.60. The molecule has 0 spiro atoms. The molecular formula is C13H22N2O3S. The lowest BCUT2D eigenvalue weighted by Gasteiger charge is -2.43. The summed E-state index contributed by atoms with van der Waals surface area (Å²) in [5, 5.41) is 2.80. The number of rotatable bonds is 3. The van der Waals surface area contributed by atoms with Crippen LogP contribution in [0.3, 0.4) is 0 Å². The van der Waals surface area contributed by atoms with Crippen molar-refractivity contribution in [3.63, 3.8) is 0 Å². The first-order chi connectivity index (χ1) is 9.04. The van der Waals surface area contributed by atoms with Crippen LogP contribution < -0.4 is 5.32 Å². The van der Waals surface area contributed by atoms with Crippen LogP contribution in [0.25, 0.3) is 0 Å². The van der Waals surface area contributed by atoms with Gasteiger partial charge in [0, 0.05) is 28.3 Å². The summed E-state index contributed by atoms with van der Waals surface area (Å²) in [6.07, 6.45) is 3.05. The maximum absolute atomic E-state index is 12.5. The van der Waals surface area contributed by atoms with Gasteiger partial charge in [0.15, 0.2) is 0 Å². The molecule has 0 saturated carbocycles. The first-order valence-corrected chi connectivity index (χ1v) is 8.51. The van der Waals surface area contributed by atoms with Crippen LogP contribution in [0.15, 0.2) is 0 Å². The van der Waals surface area contributed by atoms with E-state index < -0.39 is 16.8 Å². The highest BCUT2D eigenvalue weighted by Crippen LogP contribution is 2.23. The van der Waals surface area contributed by atoms with Crippen molar-refractivity contribution in [2.45, 2.75) is 57.7 Å². The third kappa shape index (κ3) is 2.99. The number of carbonyl (C=O) groups is 2. The molecule has 2 unspecified atom stereocenters. The third-order valence-electron chi connectivity index (χ3n) is 3.99. The van der Waals surface area contributed by atoms with Crippen LogP contribution in [-0.2, 0) is 20.4 Å². The Morgan fingerprint density at radius 1 is 1.32 bits per heavy atom. The SMILES string of the molecule is CCCC1NC(=O)C(C)N(C2CCS(=O)CC2)C1=O. The van der Waals surface area contributed by atoms with Crippen LogP contribution in [0.1, 0.15) is 39.5 Å². The molecular weight excluding hydrogens is 264 g/mol. The topological polar surface area (TPSA) is 66.5 Å². The van der Waals surface area contributed by atoms with Crippen molar-refractivity contribution < 1.29 is 13.8 Å². The molecule has 2 amide bonds. The Balaban J connectivity index is 2.13. The molecule has 2 rings (SSSR count). The largest absolute Gasteiger partial charge is 0.343 e. The van der Waals surface area contributed by atoms with E-state index in [1.807, 2.05) is 6.92 Å². The molecule has 2 atom stereocenters. The molecule has 0 aromatic rings. The average molecular weight is 286 g/mol. The molecule has 2 fully saturated rings. The molecule has 0 aliphatic carbocycles. The van der Waals surface area contributed by atoms with Crippen molar-refractivity contribution >= 4 is 22.6 Å². The lowest BCUT2D eigenvalue weighted by Crippen LogP contribution is -2.65. The fraction of sp³-hybridized carbons (Fsp3) is 0.846. The van der Waals surface area contributed by atoms with Gasteiger partial charge in [-0.25, -0.2) is 0 Å². The molecule has 0 aromatic heterocycles. The van der Waals surface area contributed by atoms with Crippen molar-refractivity contribution in [1.29, 1.82) is 0 Å². The second kappa shape index (κ2) is 6.03. The Bertz CT molecular complexity index is 389. The minimum absolute atomic E-state index is 0.0339. The number of hydrogen-bond acceptors (Lipinski definition) is 3. The van der Waals surface area contributed by atoms with Crippen molar-refractivity contribution in [3.05, 3.63) is 0 Å². The molecule has 1 N–H and O–H groups in total. The first kappa shape index (κ1) is 14.5. The maximum atomic E-state index is 12.5. The zero-order chi connectivity index (χ0) is 14.0. The van der Waals surface area contributed by atoms with Gasteiger partial charge in [0.2, 0.25) is 11.8 Å². The van der Waals surface area contributed by atoms with E-state index in [-0.39, 0.29) is 23.9 Å². The quantitative estimate of drug-likeness (QED) is 0.817. The lowest BCUT2D eigenvalue weighted by molar-refractivity contribution is -0.151. The summed E-state index contributed by atoms with van der Waals surface area (Å²) < 4.78 is 11.4. The number of nitrogens with one attached hydrogen (secondary N) is 1. The maximum Gasteiger partial charge on any atom is 0.246 e. The second-order valence-corrected chi connectivity index (χ2v) is 7.05. The highest BCUT2D eigenvalue weighted by Gasteiger charge is 2.41. The minimum Gasteiger partial charge on any atom is -0.343 e.